The minimum absolute atomic E-state index is 0.161. The Kier molecular flexibility index (Phi) is 5.60. The number of aromatic nitrogens is 4. The highest BCUT2D eigenvalue weighted by Crippen LogP contribution is 2.20. The number of aryl methyl sites for hydroxylation is 1. The molecule has 5 amide bonds. The van der Waals surface area contributed by atoms with E-state index in [1.807, 2.05) is 6.07 Å². The molecule has 2 aliphatic rings. The monoisotopic (exact) mass is 426 g/mol. The van der Waals surface area contributed by atoms with E-state index >= 15 is 0 Å². The molecular formula is C19H22N8O4. The second-order valence-electron chi connectivity index (χ2n) is 7.38. The molecule has 0 atom stereocenters. The molecule has 0 saturated carbocycles. The molecule has 31 heavy (non-hydrogen) atoms. The van der Waals surface area contributed by atoms with Crippen molar-refractivity contribution in [2.24, 2.45) is 7.05 Å². The van der Waals surface area contributed by atoms with E-state index in [9.17, 15) is 19.2 Å². The average molecular weight is 426 g/mol. The van der Waals surface area contributed by atoms with Gasteiger partial charge in [-0.3, -0.25) is 19.3 Å². The molecular weight excluding hydrogens is 404 g/mol. The number of tetrazole rings is 1. The molecule has 12 heteroatoms. The lowest BCUT2D eigenvalue weighted by Crippen LogP contribution is -2.53. The fourth-order valence-corrected chi connectivity index (χ4v) is 3.61. The SMILES string of the molecule is Cn1nnnc1-c1cccc(NC(=O)N2CCN(C(=O)CN3C(=O)CCC3=O)CC2)c1. The molecule has 2 saturated heterocycles. The lowest BCUT2D eigenvalue weighted by atomic mass is 10.2. The maximum absolute atomic E-state index is 12.6. The number of amides is 5. The van der Waals surface area contributed by atoms with Crippen LogP contribution in [0.1, 0.15) is 12.8 Å². The van der Waals surface area contributed by atoms with E-state index < -0.39 is 0 Å². The molecule has 162 valence electrons. The van der Waals surface area contributed by atoms with Crippen molar-refractivity contribution in [1.82, 2.24) is 34.9 Å². The van der Waals surface area contributed by atoms with Crippen LogP contribution in [0.5, 0.6) is 0 Å². The molecule has 2 aromatic rings. The predicted octanol–water partition coefficient (Wildman–Crippen LogP) is -0.298. The lowest BCUT2D eigenvalue weighted by Gasteiger charge is -2.35. The minimum atomic E-state index is -0.310. The van der Waals surface area contributed by atoms with E-state index in [0.29, 0.717) is 37.7 Å². The first-order valence-electron chi connectivity index (χ1n) is 9.92. The van der Waals surface area contributed by atoms with Gasteiger partial charge in [0, 0.05) is 57.3 Å². The van der Waals surface area contributed by atoms with Crippen LogP contribution in [-0.2, 0) is 21.4 Å². The summed E-state index contributed by atoms with van der Waals surface area (Å²) in [5.41, 5.74) is 1.38. The first-order chi connectivity index (χ1) is 14.9. The summed E-state index contributed by atoms with van der Waals surface area (Å²) in [6, 6.07) is 6.94. The largest absolute Gasteiger partial charge is 0.338 e. The molecule has 4 rings (SSSR count). The molecule has 0 bridgehead atoms. The van der Waals surface area contributed by atoms with Crippen LogP contribution in [0.4, 0.5) is 10.5 Å². The van der Waals surface area contributed by atoms with Crippen molar-refractivity contribution >= 4 is 29.4 Å². The standard InChI is InChI=1S/C19H22N8O4/c1-24-18(21-22-23-24)13-3-2-4-14(11-13)20-19(31)26-9-7-25(8-10-26)17(30)12-27-15(28)5-6-16(27)29/h2-4,11H,5-10,12H2,1H3,(H,20,31). The van der Waals surface area contributed by atoms with Gasteiger partial charge in [0.25, 0.3) is 0 Å². The Labute approximate surface area is 177 Å². The molecule has 12 nitrogen and oxygen atoms in total. The van der Waals surface area contributed by atoms with Gasteiger partial charge in [-0.05, 0) is 22.6 Å². The first kappa shape index (κ1) is 20.4. The quantitative estimate of drug-likeness (QED) is 0.664. The van der Waals surface area contributed by atoms with E-state index in [2.05, 4.69) is 20.8 Å². The van der Waals surface area contributed by atoms with Crippen molar-refractivity contribution in [3.8, 4) is 11.4 Å². The zero-order valence-corrected chi connectivity index (χ0v) is 17.0. The number of nitrogens with zero attached hydrogens (tertiary/aromatic N) is 7. The summed E-state index contributed by atoms with van der Waals surface area (Å²) in [6.45, 7) is 1.16. The van der Waals surface area contributed by atoms with Crippen molar-refractivity contribution in [2.75, 3.05) is 38.0 Å². The Bertz CT molecular complexity index is 1010. The van der Waals surface area contributed by atoms with Gasteiger partial charge in [0.05, 0.1) is 0 Å². The van der Waals surface area contributed by atoms with Gasteiger partial charge in [-0.2, -0.15) is 0 Å². The number of hydrogen-bond acceptors (Lipinski definition) is 7. The van der Waals surface area contributed by atoms with Crippen LogP contribution in [0, 0.1) is 0 Å². The maximum Gasteiger partial charge on any atom is 0.321 e. The Morgan fingerprint density at radius 3 is 2.35 bits per heavy atom. The van der Waals surface area contributed by atoms with E-state index in [4.69, 9.17) is 0 Å². The van der Waals surface area contributed by atoms with E-state index in [0.717, 1.165) is 10.5 Å². The fraction of sp³-hybridized carbons (Fsp3) is 0.421. The number of piperazine rings is 1. The van der Waals surface area contributed by atoms with Crippen molar-refractivity contribution in [2.45, 2.75) is 12.8 Å². The van der Waals surface area contributed by atoms with Gasteiger partial charge in [0.15, 0.2) is 5.82 Å². The fourth-order valence-electron chi connectivity index (χ4n) is 3.61. The Hall–Kier alpha value is -3.83. The van der Waals surface area contributed by atoms with Gasteiger partial charge in [-0.1, -0.05) is 12.1 Å². The molecule has 0 spiro atoms. The third-order valence-corrected chi connectivity index (χ3v) is 5.36. The maximum atomic E-state index is 12.6. The second kappa shape index (κ2) is 8.50. The van der Waals surface area contributed by atoms with Gasteiger partial charge in [0.1, 0.15) is 6.54 Å². The highest BCUT2D eigenvalue weighted by Gasteiger charge is 2.33. The molecule has 0 aliphatic carbocycles. The third-order valence-electron chi connectivity index (χ3n) is 5.36. The van der Waals surface area contributed by atoms with Crippen molar-refractivity contribution in [1.29, 1.82) is 0 Å². The molecule has 0 radical (unpaired) electrons. The van der Waals surface area contributed by atoms with Crippen LogP contribution in [0.2, 0.25) is 0 Å². The number of anilines is 1. The topological polar surface area (TPSA) is 134 Å². The van der Waals surface area contributed by atoms with E-state index in [1.54, 1.807) is 39.7 Å². The van der Waals surface area contributed by atoms with Gasteiger partial charge < -0.3 is 15.1 Å². The zero-order chi connectivity index (χ0) is 22.0. The molecule has 0 unspecified atom stereocenters. The number of benzene rings is 1. The summed E-state index contributed by atoms with van der Waals surface area (Å²) < 4.78 is 1.54. The summed E-state index contributed by atoms with van der Waals surface area (Å²) in [6.07, 6.45) is 0.322. The second-order valence-corrected chi connectivity index (χ2v) is 7.38. The molecule has 1 aromatic carbocycles. The Morgan fingerprint density at radius 2 is 1.71 bits per heavy atom. The predicted molar refractivity (Wildman–Crippen MR) is 107 cm³/mol. The normalized spacial score (nSPS) is 16.7. The molecule has 3 heterocycles. The number of hydrogen-bond donors (Lipinski definition) is 1. The summed E-state index contributed by atoms with van der Waals surface area (Å²) in [7, 11) is 1.73. The number of rotatable bonds is 4. The number of nitrogens with one attached hydrogen (secondary N) is 1. The third kappa shape index (κ3) is 4.37. The Morgan fingerprint density at radius 1 is 1.03 bits per heavy atom. The average Bonchev–Trinajstić information content (AvgIpc) is 3.34. The molecule has 2 fully saturated rings. The summed E-state index contributed by atoms with van der Waals surface area (Å²) in [5, 5.41) is 14.2. The van der Waals surface area contributed by atoms with Crippen LogP contribution in [-0.4, -0.2) is 91.4 Å². The van der Waals surface area contributed by atoms with Crippen LogP contribution in [0.25, 0.3) is 11.4 Å². The summed E-state index contributed by atoms with van der Waals surface area (Å²) in [4.78, 5) is 52.7. The number of urea groups is 1. The highest BCUT2D eigenvalue weighted by molar-refractivity contribution is 6.04. The van der Waals surface area contributed by atoms with Crippen LogP contribution in [0.3, 0.4) is 0 Å². The zero-order valence-electron chi connectivity index (χ0n) is 17.0. The van der Waals surface area contributed by atoms with Crippen molar-refractivity contribution in [3.05, 3.63) is 24.3 Å². The summed E-state index contributed by atoms with van der Waals surface area (Å²) in [5.74, 6) is -0.321. The van der Waals surface area contributed by atoms with Crippen molar-refractivity contribution in [3.63, 3.8) is 0 Å². The van der Waals surface area contributed by atoms with Crippen LogP contribution < -0.4 is 5.32 Å². The number of carbonyl (C=O) groups excluding carboxylic acids is 4. The smallest absolute Gasteiger partial charge is 0.321 e. The minimum Gasteiger partial charge on any atom is -0.338 e. The van der Waals surface area contributed by atoms with Gasteiger partial charge in [0.2, 0.25) is 17.7 Å². The van der Waals surface area contributed by atoms with Gasteiger partial charge in [-0.25, -0.2) is 9.48 Å². The Balaban J connectivity index is 1.31. The number of carbonyl (C=O) groups is 4. The van der Waals surface area contributed by atoms with E-state index in [-0.39, 0.29) is 43.1 Å². The molecule has 2 aliphatic heterocycles. The van der Waals surface area contributed by atoms with Crippen molar-refractivity contribution < 1.29 is 19.2 Å². The van der Waals surface area contributed by atoms with Gasteiger partial charge >= 0.3 is 6.03 Å². The van der Waals surface area contributed by atoms with Crippen LogP contribution in [0.15, 0.2) is 24.3 Å². The summed E-state index contributed by atoms with van der Waals surface area (Å²) >= 11 is 0. The lowest BCUT2D eigenvalue weighted by molar-refractivity contribution is -0.146. The van der Waals surface area contributed by atoms with E-state index in [1.165, 1.54) is 0 Å². The highest BCUT2D eigenvalue weighted by atomic mass is 16.2. The molecule has 1 N–H and O–H groups in total. The van der Waals surface area contributed by atoms with Gasteiger partial charge in [-0.15, -0.1) is 5.10 Å². The number of imide groups is 1. The number of likely N-dealkylation sites (tertiary alicyclic amines) is 1. The van der Waals surface area contributed by atoms with Crippen LogP contribution >= 0.6 is 0 Å². The first-order valence-corrected chi connectivity index (χ1v) is 9.92. The molecule has 1 aromatic heterocycles.